The van der Waals surface area contributed by atoms with Crippen LogP contribution in [0.15, 0.2) is 60.8 Å². The summed E-state index contributed by atoms with van der Waals surface area (Å²) < 4.78 is 43.6. The minimum absolute atomic E-state index is 0.132. The molecule has 4 nitrogen and oxygen atoms in total. The Bertz CT molecular complexity index is 1050. The SMILES string of the molecule is CCCc1c(NC(=O)Cc2ccc(Oc3ccc(C(F)(F)F)cc3)cc2)ccnc1CC. The van der Waals surface area contributed by atoms with Crippen LogP contribution < -0.4 is 10.1 Å². The number of nitrogens with zero attached hydrogens (tertiary/aromatic N) is 1. The first-order valence-corrected chi connectivity index (χ1v) is 10.5. The fraction of sp³-hybridized carbons (Fsp3) is 0.280. The number of hydrogen-bond acceptors (Lipinski definition) is 3. The number of nitrogens with one attached hydrogen (secondary N) is 1. The molecule has 2 aromatic carbocycles. The Morgan fingerprint density at radius 2 is 1.59 bits per heavy atom. The molecular weight excluding hydrogens is 417 g/mol. The van der Waals surface area contributed by atoms with Gasteiger partial charge in [-0.3, -0.25) is 9.78 Å². The maximum atomic E-state index is 12.7. The van der Waals surface area contributed by atoms with Crippen LogP contribution in [0, 0.1) is 0 Å². The predicted octanol–water partition coefficient (Wildman–Crippen LogP) is 6.59. The quantitative estimate of drug-likeness (QED) is 0.428. The van der Waals surface area contributed by atoms with Crippen molar-refractivity contribution in [3.05, 3.63) is 83.2 Å². The van der Waals surface area contributed by atoms with Gasteiger partial charge in [-0.1, -0.05) is 32.4 Å². The number of pyridine rings is 1. The number of carbonyl (C=O) groups excluding carboxylic acids is 1. The summed E-state index contributed by atoms with van der Waals surface area (Å²) in [5.74, 6) is 0.643. The monoisotopic (exact) mass is 442 g/mol. The molecule has 1 N–H and O–H groups in total. The number of anilines is 1. The van der Waals surface area contributed by atoms with Gasteiger partial charge >= 0.3 is 6.18 Å². The molecule has 1 aromatic heterocycles. The highest BCUT2D eigenvalue weighted by Gasteiger charge is 2.30. The minimum Gasteiger partial charge on any atom is -0.457 e. The molecule has 32 heavy (non-hydrogen) atoms. The number of hydrogen-bond donors (Lipinski definition) is 1. The maximum Gasteiger partial charge on any atom is 0.416 e. The third-order valence-electron chi connectivity index (χ3n) is 4.96. The second-order valence-electron chi connectivity index (χ2n) is 7.38. The van der Waals surface area contributed by atoms with Crippen molar-refractivity contribution in [3.63, 3.8) is 0 Å². The van der Waals surface area contributed by atoms with Crippen molar-refractivity contribution < 1.29 is 22.7 Å². The van der Waals surface area contributed by atoms with Crippen molar-refractivity contribution in [2.45, 2.75) is 45.7 Å². The summed E-state index contributed by atoms with van der Waals surface area (Å²) in [4.78, 5) is 17.0. The largest absolute Gasteiger partial charge is 0.457 e. The highest BCUT2D eigenvalue weighted by Crippen LogP contribution is 2.31. The molecule has 0 aliphatic carbocycles. The fourth-order valence-electron chi connectivity index (χ4n) is 3.39. The van der Waals surface area contributed by atoms with Crippen LogP contribution >= 0.6 is 0 Å². The van der Waals surface area contributed by atoms with Crippen LogP contribution in [-0.4, -0.2) is 10.9 Å². The molecule has 0 fully saturated rings. The third kappa shape index (κ3) is 6.09. The topological polar surface area (TPSA) is 51.2 Å². The molecule has 0 bridgehead atoms. The molecular formula is C25H25F3N2O2. The second kappa shape index (κ2) is 10.3. The van der Waals surface area contributed by atoms with E-state index in [-0.39, 0.29) is 12.3 Å². The number of amides is 1. The van der Waals surface area contributed by atoms with E-state index in [9.17, 15) is 18.0 Å². The molecule has 168 valence electrons. The van der Waals surface area contributed by atoms with Crippen molar-refractivity contribution in [2.24, 2.45) is 0 Å². The Balaban J connectivity index is 1.62. The molecule has 0 atom stereocenters. The van der Waals surface area contributed by atoms with E-state index in [1.165, 1.54) is 12.1 Å². The maximum absolute atomic E-state index is 12.7. The number of ether oxygens (including phenoxy) is 1. The molecule has 0 saturated carbocycles. The number of benzene rings is 2. The van der Waals surface area contributed by atoms with Crippen LogP contribution in [0.5, 0.6) is 11.5 Å². The second-order valence-corrected chi connectivity index (χ2v) is 7.38. The number of carbonyl (C=O) groups is 1. The van der Waals surface area contributed by atoms with Gasteiger partial charge in [-0.25, -0.2) is 0 Å². The lowest BCUT2D eigenvalue weighted by Gasteiger charge is -2.14. The number of aryl methyl sites for hydroxylation is 1. The van der Waals surface area contributed by atoms with Gasteiger partial charge in [0.15, 0.2) is 0 Å². The standard InChI is InChI=1S/C25H25F3N2O2/c1-3-5-21-22(4-2)29-15-14-23(21)30-24(31)16-17-6-10-19(11-7-17)32-20-12-8-18(9-13-20)25(26,27)28/h6-15H,3-5,16H2,1-2H3,(H,29,30,31). The molecule has 0 radical (unpaired) electrons. The van der Waals surface area contributed by atoms with E-state index in [2.05, 4.69) is 17.2 Å². The molecule has 7 heteroatoms. The Morgan fingerprint density at radius 1 is 0.969 bits per heavy atom. The minimum atomic E-state index is -4.38. The van der Waals surface area contributed by atoms with Gasteiger partial charge in [-0.05, 0) is 66.4 Å². The zero-order valence-corrected chi connectivity index (χ0v) is 18.0. The number of rotatable bonds is 8. The first kappa shape index (κ1) is 23.3. The molecule has 0 saturated heterocycles. The van der Waals surface area contributed by atoms with Gasteiger partial charge in [-0.15, -0.1) is 0 Å². The van der Waals surface area contributed by atoms with Gasteiger partial charge < -0.3 is 10.1 Å². The summed E-state index contributed by atoms with van der Waals surface area (Å²) >= 11 is 0. The molecule has 3 aromatic rings. The van der Waals surface area contributed by atoms with Crippen molar-refractivity contribution in [2.75, 3.05) is 5.32 Å². The van der Waals surface area contributed by atoms with Crippen LogP contribution in [0.25, 0.3) is 0 Å². The van der Waals surface area contributed by atoms with E-state index in [1.54, 1.807) is 30.5 Å². The summed E-state index contributed by atoms with van der Waals surface area (Å²) in [5, 5.41) is 2.99. The molecule has 1 amide bonds. The van der Waals surface area contributed by atoms with Crippen LogP contribution in [0.4, 0.5) is 18.9 Å². The number of aromatic nitrogens is 1. The first-order valence-electron chi connectivity index (χ1n) is 10.5. The molecule has 0 spiro atoms. The van der Waals surface area contributed by atoms with E-state index < -0.39 is 11.7 Å². The highest BCUT2D eigenvalue weighted by molar-refractivity contribution is 5.93. The Morgan fingerprint density at radius 3 is 2.16 bits per heavy atom. The van der Waals surface area contributed by atoms with Crippen molar-refractivity contribution in [1.29, 1.82) is 0 Å². The molecule has 0 aliphatic heterocycles. The lowest BCUT2D eigenvalue weighted by Crippen LogP contribution is -2.16. The summed E-state index contributed by atoms with van der Waals surface area (Å²) in [6.45, 7) is 4.13. The molecule has 1 heterocycles. The highest BCUT2D eigenvalue weighted by atomic mass is 19.4. The Labute approximate surface area is 185 Å². The van der Waals surface area contributed by atoms with Gasteiger partial charge in [0, 0.05) is 17.6 Å². The van der Waals surface area contributed by atoms with E-state index in [0.717, 1.165) is 53.9 Å². The van der Waals surface area contributed by atoms with E-state index in [1.807, 2.05) is 13.0 Å². The summed E-state index contributed by atoms with van der Waals surface area (Å²) in [7, 11) is 0. The first-order chi connectivity index (χ1) is 15.3. The lowest BCUT2D eigenvalue weighted by molar-refractivity contribution is -0.137. The smallest absolute Gasteiger partial charge is 0.416 e. The molecule has 0 aliphatic rings. The third-order valence-corrected chi connectivity index (χ3v) is 4.96. The van der Waals surface area contributed by atoms with Crippen LogP contribution in [0.1, 0.15) is 42.7 Å². The van der Waals surface area contributed by atoms with Crippen molar-refractivity contribution in [3.8, 4) is 11.5 Å². The molecule has 3 rings (SSSR count). The summed E-state index contributed by atoms with van der Waals surface area (Å²) in [5.41, 5.74) is 2.93. The zero-order chi connectivity index (χ0) is 23.1. The Kier molecular flexibility index (Phi) is 7.51. The Hall–Kier alpha value is -3.35. The van der Waals surface area contributed by atoms with Crippen LogP contribution in [0.3, 0.4) is 0 Å². The summed E-state index contributed by atoms with van der Waals surface area (Å²) in [6, 6.07) is 13.2. The van der Waals surface area contributed by atoms with Gasteiger partial charge in [-0.2, -0.15) is 13.2 Å². The van der Waals surface area contributed by atoms with Crippen LogP contribution in [0.2, 0.25) is 0 Å². The van der Waals surface area contributed by atoms with E-state index in [0.29, 0.717) is 11.5 Å². The van der Waals surface area contributed by atoms with Gasteiger partial charge in [0.2, 0.25) is 5.91 Å². The average molecular weight is 442 g/mol. The van der Waals surface area contributed by atoms with Crippen LogP contribution in [-0.2, 0) is 30.2 Å². The fourth-order valence-corrected chi connectivity index (χ4v) is 3.39. The zero-order valence-electron chi connectivity index (χ0n) is 18.0. The van der Waals surface area contributed by atoms with Gasteiger partial charge in [0.05, 0.1) is 12.0 Å². The summed E-state index contributed by atoms with van der Waals surface area (Å²) in [6.07, 6.45) is 0.132. The van der Waals surface area contributed by atoms with E-state index in [4.69, 9.17) is 4.74 Å². The lowest BCUT2D eigenvalue weighted by atomic mass is 10.0. The van der Waals surface area contributed by atoms with Gasteiger partial charge in [0.25, 0.3) is 0 Å². The predicted molar refractivity (Wildman–Crippen MR) is 118 cm³/mol. The molecule has 0 unspecified atom stereocenters. The number of halogens is 3. The van der Waals surface area contributed by atoms with Crippen molar-refractivity contribution >= 4 is 11.6 Å². The van der Waals surface area contributed by atoms with Gasteiger partial charge in [0.1, 0.15) is 11.5 Å². The van der Waals surface area contributed by atoms with E-state index >= 15 is 0 Å². The van der Waals surface area contributed by atoms with Crippen molar-refractivity contribution in [1.82, 2.24) is 4.98 Å². The number of alkyl halides is 3. The average Bonchev–Trinajstić information content (AvgIpc) is 2.76. The normalized spacial score (nSPS) is 11.3.